The highest BCUT2D eigenvalue weighted by atomic mass is 32.1. The van der Waals surface area contributed by atoms with Crippen LogP contribution in [0.15, 0.2) is 46.9 Å². The highest BCUT2D eigenvalue weighted by Crippen LogP contribution is 2.25. The smallest absolute Gasteiger partial charge is 0.245 e. The lowest BCUT2D eigenvalue weighted by molar-refractivity contribution is -0.126. The molecule has 0 saturated carbocycles. The van der Waals surface area contributed by atoms with Crippen LogP contribution in [0.25, 0.3) is 0 Å². The third-order valence-electron chi connectivity index (χ3n) is 3.75. The number of nitrogens with one attached hydrogen (secondary N) is 1. The van der Waals surface area contributed by atoms with Gasteiger partial charge in [-0.2, -0.15) is 5.10 Å². The number of carbonyl (C=O) groups is 2. The molecule has 1 aromatic carbocycles. The fraction of sp³-hybridized carbons (Fsp3) is 0.235. The Kier molecular flexibility index (Phi) is 4.52. The first kappa shape index (κ1) is 15.4. The lowest BCUT2D eigenvalue weighted by atomic mass is 10.1. The molecule has 2 amide bonds. The monoisotopic (exact) mass is 327 g/mol. The van der Waals surface area contributed by atoms with E-state index in [0.717, 1.165) is 16.1 Å². The topological polar surface area (TPSA) is 61.8 Å². The Labute approximate surface area is 138 Å². The zero-order valence-electron chi connectivity index (χ0n) is 12.7. The molecule has 118 valence electrons. The molecule has 1 fully saturated rings. The average molecular weight is 327 g/mol. The van der Waals surface area contributed by atoms with Gasteiger partial charge in [0.25, 0.3) is 0 Å². The number of hydrogen-bond donors (Lipinski definition) is 1. The first-order valence-electron chi connectivity index (χ1n) is 7.37. The number of nitrogens with zero attached hydrogens (tertiary/aromatic N) is 2. The van der Waals surface area contributed by atoms with E-state index in [4.69, 9.17) is 0 Å². The quantitative estimate of drug-likeness (QED) is 0.693. The van der Waals surface area contributed by atoms with Gasteiger partial charge < -0.3 is 4.90 Å². The molecule has 1 saturated heterocycles. The van der Waals surface area contributed by atoms with Gasteiger partial charge in [0.2, 0.25) is 11.8 Å². The highest BCUT2D eigenvalue weighted by molar-refractivity contribution is 7.11. The van der Waals surface area contributed by atoms with Gasteiger partial charge in [0.05, 0.1) is 12.1 Å². The minimum atomic E-state index is -0.371. The summed E-state index contributed by atoms with van der Waals surface area (Å²) in [7, 11) is 0. The average Bonchev–Trinajstić information content (AvgIpc) is 3.18. The molecule has 1 aliphatic heterocycles. The van der Waals surface area contributed by atoms with Gasteiger partial charge in [-0.05, 0) is 30.5 Å². The molecule has 0 aliphatic carbocycles. The fourth-order valence-electron chi connectivity index (χ4n) is 2.47. The van der Waals surface area contributed by atoms with Crippen molar-refractivity contribution >= 4 is 35.1 Å². The molecule has 0 unspecified atom stereocenters. The van der Waals surface area contributed by atoms with E-state index in [1.54, 1.807) is 22.5 Å². The second-order valence-corrected chi connectivity index (χ2v) is 6.47. The van der Waals surface area contributed by atoms with E-state index in [0.29, 0.717) is 6.54 Å². The summed E-state index contributed by atoms with van der Waals surface area (Å²) in [5.74, 6) is -0.624. The van der Waals surface area contributed by atoms with Crippen LogP contribution < -0.4 is 10.3 Å². The second-order valence-electron chi connectivity index (χ2n) is 5.49. The van der Waals surface area contributed by atoms with Crippen molar-refractivity contribution in [2.75, 3.05) is 11.4 Å². The summed E-state index contributed by atoms with van der Waals surface area (Å²) >= 11 is 1.54. The van der Waals surface area contributed by atoms with Gasteiger partial charge in [-0.1, -0.05) is 23.8 Å². The van der Waals surface area contributed by atoms with Crippen molar-refractivity contribution in [1.82, 2.24) is 5.43 Å². The van der Waals surface area contributed by atoms with Crippen LogP contribution >= 0.6 is 11.3 Å². The minimum absolute atomic E-state index is 0.0313. The first-order valence-corrected chi connectivity index (χ1v) is 8.25. The third-order valence-corrected chi connectivity index (χ3v) is 4.56. The predicted octanol–water partition coefficient (Wildman–Crippen LogP) is 2.56. The van der Waals surface area contributed by atoms with Gasteiger partial charge in [-0.15, -0.1) is 11.3 Å². The van der Waals surface area contributed by atoms with E-state index >= 15 is 0 Å². The van der Waals surface area contributed by atoms with Crippen molar-refractivity contribution in [1.29, 1.82) is 0 Å². The summed E-state index contributed by atoms with van der Waals surface area (Å²) in [6.07, 6.45) is 1.82. The number of hydrogen-bond acceptors (Lipinski definition) is 4. The summed E-state index contributed by atoms with van der Waals surface area (Å²) in [6.45, 7) is 2.39. The largest absolute Gasteiger partial charge is 0.312 e. The van der Waals surface area contributed by atoms with Crippen LogP contribution in [0.3, 0.4) is 0 Å². The molecule has 1 aromatic heterocycles. The summed E-state index contributed by atoms with van der Waals surface area (Å²) < 4.78 is 0. The van der Waals surface area contributed by atoms with Crippen molar-refractivity contribution < 1.29 is 9.59 Å². The number of aryl methyl sites for hydroxylation is 1. The molecule has 5 nitrogen and oxygen atoms in total. The van der Waals surface area contributed by atoms with Crippen molar-refractivity contribution in [2.45, 2.75) is 13.3 Å². The number of hydrazone groups is 1. The SMILES string of the molecule is Cc1ccc(N2C[C@H](C(=O)N/N=C\c3cccs3)CC2=O)cc1. The molecule has 0 spiro atoms. The zero-order chi connectivity index (χ0) is 16.2. The standard InChI is InChI=1S/C17H17N3O2S/c1-12-4-6-14(7-5-12)20-11-13(9-16(20)21)17(22)19-18-10-15-3-2-8-23-15/h2-8,10,13H,9,11H2,1H3,(H,19,22)/b18-10-/t13-/m1/s1. The Balaban J connectivity index is 1.60. The van der Waals surface area contributed by atoms with Gasteiger partial charge in [0, 0.05) is 23.5 Å². The first-order chi connectivity index (χ1) is 11.1. The molecule has 3 rings (SSSR count). The Morgan fingerprint density at radius 2 is 2.13 bits per heavy atom. The maximum atomic E-state index is 12.2. The summed E-state index contributed by atoms with van der Waals surface area (Å²) in [5.41, 5.74) is 4.49. The number of benzene rings is 1. The van der Waals surface area contributed by atoms with Gasteiger partial charge >= 0.3 is 0 Å². The maximum absolute atomic E-state index is 12.2. The van der Waals surface area contributed by atoms with Crippen LogP contribution in [0.5, 0.6) is 0 Å². The van der Waals surface area contributed by atoms with Crippen molar-refractivity contribution in [3.05, 3.63) is 52.2 Å². The number of rotatable bonds is 4. The number of anilines is 1. The zero-order valence-corrected chi connectivity index (χ0v) is 13.5. The molecule has 1 atom stereocenters. The highest BCUT2D eigenvalue weighted by Gasteiger charge is 2.35. The molecule has 23 heavy (non-hydrogen) atoms. The molecule has 2 heterocycles. The van der Waals surface area contributed by atoms with Crippen molar-refractivity contribution in [3.8, 4) is 0 Å². The van der Waals surface area contributed by atoms with Crippen molar-refractivity contribution in [3.63, 3.8) is 0 Å². The molecular formula is C17H17N3O2S. The van der Waals surface area contributed by atoms with E-state index in [2.05, 4.69) is 10.5 Å². The van der Waals surface area contributed by atoms with Crippen LogP contribution in [0.4, 0.5) is 5.69 Å². The van der Waals surface area contributed by atoms with E-state index in [1.807, 2.05) is 48.7 Å². The van der Waals surface area contributed by atoms with E-state index in [-0.39, 0.29) is 24.2 Å². The predicted molar refractivity (Wildman–Crippen MR) is 91.7 cm³/mol. The van der Waals surface area contributed by atoms with Gasteiger partial charge in [-0.3, -0.25) is 9.59 Å². The van der Waals surface area contributed by atoms with Gasteiger partial charge in [-0.25, -0.2) is 5.43 Å². The Morgan fingerprint density at radius 3 is 2.83 bits per heavy atom. The molecule has 1 N–H and O–H groups in total. The molecule has 1 aliphatic rings. The third kappa shape index (κ3) is 3.65. The molecule has 0 bridgehead atoms. The second kappa shape index (κ2) is 6.75. The van der Waals surface area contributed by atoms with Gasteiger partial charge in [0.1, 0.15) is 0 Å². The lowest BCUT2D eigenvalue weighted by Gasteiger charge is -2.16. The molecule has 0 radical (unpaired) electrons. The van der Waals surface area contributed by atoms with Crippen LogP contribution in [0.1, 0.15) is 16.9 Å². The minimum Gasteiger partial charge on any atom is -0.312 e. The van der Waals surface area contributed by atoms with E-state index < -0.39 is 0 Å². The lowest BCUT2D eigenvalue weighted by Crippen LogP contribution is -2.30. The van der Waals surface area contributed by atoms with Crippen LogP contribution in [-0.2, 0) is 9.59 Å². The Hall–Kier alpha value is -2.47. The van der Waals surface area contributed by atoms with Gasteiger partial charge in [0.15, 0.2) is 0 Å². The normalized spacial score (nSPS) is 17.9. The Morgan fingerprint density at radius 1 is 1.35 bits per heavy atom. The number of carbonyl (C=O) groups excluding carboxylic acids is 2. The summed E-state index contributed by atoms with van der Waals surface area (Å²) in [5, 5.41) is 5.89. The molecular weight excluding hydrogens is 310 g/mol. The number of thiophene rings is 1. The van der Waals surface area contributed by atoms with E-state index in [1.165, 1.54) is 0 Å². The van der Waals surface area contributed by atoms with Crippen LogP contribution in [0, 0.1) is 12.8 Å². The molecule has 2 aromatic rings. The molecule has 6 heteroatoms. The van der Waals surface area contributed by atoms with E-state index in [9.17, 15) is 9.59 Å². The van der Waals surface area contributed by atoms with Crippen LogP contribution in [-0.4, -0.2) is 24.6 Å². The maximum Gasteiger partial charge on any atom is 0.245 e. The van der Waals surface area contributed by atoms with Crippen LogP contribution in [0.2, 0.25) is 0 Å². The Bertz CT molecular complexity index is 723. The summed E-state index contributed by atoms with van der Waals surface area (Å²) in [6, 6.07) is 11.6. The van der Waals surface area contributed by atoms with Crippen molar-refractivity contribution in [2.24, 2.45) is 11.0 Å². The summed E-state index contributed by atoms with van der Waals surface area (Å²) in [4.78, 5) is 26.9. The number of amides is 2. The fourth-order valence-corrected chi connectivity index (χ4v) is 3.06.